The van der Waals surface area contributed by atoms with Crippen LogP contribution in [0.2, 0.25) is 0 Å². The Kier molecular flexibility index (Phi) is 4.54. The first kappa shape index (κ1) is 17.1. The highest BCUT2D eigenvalue weighted by Crippen LogP contribution is 2.38. The van der Waals surface area contributed by atoms with E-state index in [9.17, 15) is 19.7 Å². The fourth-order valence-corrected chi connectivity index (χ4v) is 4.38. The lowest BCUT2D eigenvalue weighted by Crippen LogP contribution is -2.18. The van der Waals surface area contributed by atoms with Gasteiger partial charge in [-0.05, 0) is 50.3 Å². The molecule has 1 heterocycles. The van der Waals surface area contributed by atoms with Gasteiger partial charge in [0.1, 0.15) is 5.00 Å². The molecular weight excluding hydrogens is 342 g/mol. The number of hydrogen-bond acceptors (Lipinski definition) is 5. The van der Waals surface area contributed by atoms with E-state index in [0.717, 1.165) is 36.1 Å². The predicted molar refractivity (Wildman–Crippen MR) is 95.3 cm³/mol. The van der Waals surface area contributed by atoms with Crippen LogP contribution in [0.4, 0.5) is 10.7 Å². The minimum atomic E-state index is -0.547. The van der Waals surface area contributed by atoms with E-state index in [0.29, 0.717) is 21.7 Å². The second kappa shape index (κ2) is 6.64. The summed E-state index contributed by atoms with van der Waals surface area (Å²) in [7, 11) is 0. The van der Waals surface area contributed by atoms with Gasteiger partial charge >= 0.3 is 0 Å². The number of hydrogen-bond donors (Lipinski definition) is 2. The molecule has 3 rings (SSSR count). The van der Waals surface area contributed by atoms with E-state index in [2.05, 4.69) is 5.32 Å². The largest absolute Gasteiger partial charge is 0.365 e. The number of aryl methyl sites for hydroxylation is 2. The van der Waals surface area contributed by atoms with Crippen molar-refractivity contribution in [3.63, 3.8) is 0 Å². The summed E-state index contributed by atoms with van der Waals surface area (Å²) in [6.07, 6.45) is 3.73. The van der Waals surface area contributed by atoms with Crippen molar-refractivity contribution in [1.82, 2.24) is 0 Å². The Balaban J connectivity index is 1.91. The van der Waals surface area contributed by atoms with Crippen molar-refractivity contribution >= 4 is 33.8 Å². The zero-order valence-corrected chi connectivity index (χ0v) is 14.4. The van der Waals surface area contributed by atoms with Crippen molar-refractivity contribution in [2.45, 2.75) is 32.6 Å². The van der Waals surface area contributed by atoms with E-state index in [4.69, 9.17) is 5.73 Å². The Labute approximate surface area is 148 Å². The van der Waals surface area contributed by atoms with Gasteiger partial charge in [-0.2, -0.15) is 0 Å². The molecule has 130 valence electrons. The summed E-state index contributed by atoms with van der Waals surface area (Å²) in [5, 5.41) is 14.1. The van der Waals surface area contributed by atoms with Gasteiger partial charge in [0, 0.05) is 22.1 Å². The third-order valence-electron chi connectivity index (χ3n) is 4.30. The van der Waals surface area contributed by atoms with E-state index in [-0.39, 0.29) is 5.69 Å². The number of amides is 2. The molecule has 0 bridgehead atoms. The number of carbonyl (C=O) groups is 2. The van der Waals surface area contributed by atoms with Crippen LogP contribution >= 0.6 is 11.3 Å². The molecule has 0 aliphatic heterocycles. The molecule has 1 aromatic carbocycles. The lowest BCUT2D eigenvalue weighted by atomic mass is 9.95. The Morgan fingerprint density at radius 3 is 2.64 bits per heavy atom. The monoisotopic (exact) mass is 359 g/mol. The SMILES string of the molecule is Cc1cc(C(=O)Nc2sc3c(c2C(N)=O)CCCC3)ccc1[N+](=O)[O-]. The molecule has 25 heavy (non-hydrogen) atoms. The highest BCUT2D eigenvalue weighted by Gasteiger charge is 2.25. The number of nitrogens with two attached hydrogens (primary N) is 1. The fourth-order valence-electron chi connectivity index (χ4n) is 3.09. The van der Waals surface area contributed by atoms with Crippen molar-refractivity contribution in [2.24, 2.45) is 5.73 Å². The van der Waals surface area contributed by atoms with E-state index in [1.54, 1.807) is 6.92 Å². The molecule has 0 fully saturated rings. The van der Waals surface area contributed by atoms with Gasteiger partial charge in [-0.3, -0.25) is 19.7 Å². The van der Waals surface area contributed by atoms with Crippen LogP contribution in [0.3, 0.4) is 0 Å². The predicted octanol–water partition coefficient (Wildman–Crippen LogP) is 3.19. The number of rotatable bonds is 4. The molecule has 3 N–H and O–H groups in total. The number of thiophene rings is 1. The Hall–Kier alpha value is -2.74. The van der Waals surface area contributed by atoms with Gasteiger partial charge in [-0.25, -0.2) is 0 Å². The fraction of sp³-hybridized carbons (Fsp3) is 0.294. The van der Waals surface area contributed by atoms with Crippen LogP contribution in [0.5, 0.6) is 0 Å². The topological polar surface area (TPSA) is 115 Å². The summed E-state index contributed by atoms with van der Waals surface area (Å²) in [4.78, 5) is 35.8. The molecule has 0 atom stereocenters. The molecule has 1 aromatic heterocycles. The van der Waals surface area contributed by atoms with Gasteiger partial charge in [-0.1, -0.05) is 0 Å². The average molecular weight is 359 g/mol. The Bertz CT molecular complexity index is 888. The summed E-state index contributed by atoms with van der Waals surface area (Å²) in [6.45, 7) is 1.58. The molecule has 1 aliphatic carbocycles. The summed E-state index contributed by atoms with van der Waals surface area (Å²) in [5.74, 6) is -0.964. The molecule has 2 amide bonds. The van der Waals surface area contributed by atoms with Gasteiger partial charge in [0.2, 0.25) is 0 Å². The van der Waals surface area contributed by atoms with Gasteiger partial charge in [0.15, 0.2) is 0 Å². The maximum Gasteiger partial charge on any atom is 0.272 e. The summed E-state index contributed by atoms with van der Waals surface area (Å²) in [6, 6.07) is 4.17. The van der Waals surface area contributed by atoms with Crippen molar-refractivity contribution in [3.8, 4) is 0 Å². The number of fused-ring (bicyclic) bond motifs is 1. The summed E-state index contributed by atoms with van der Waals surface area (Å²) >= 11 is 1.38. The molecule has 0 spiro atoms. The molecule has 0 saturated carbocycles. The smallest absolute Gasteiger partial charge is 0.272 e. The van der Waals surface area contributed by atoms with Gasteiger partial charge in [0.25, 0.3) is 17.5 Å². The summed E-state index contributed by atoms with van der Waals surface area (Å²) in [5.41, 5.74) is 7.51. The van der Waals surface area contributed by atoms with Crippen molar-refractivity contribution in [1.29, 1.82) is 0 Å². The number of nitrogens with zero attached hydrogens (tertiary/aromatic N) is 1. The number of carbonyl (C=O) groups excluding carboxylic acids is 2. The first-order chi connectivity index (χ1) is 11.9. The molecule has 2 aromatic rings. The van der Waals surface area contributed by atoms with E-state index < -0.39 is 16.7 Å². The summed E-state index contributed by atoms with van der Waals surface area (Å²) < 4.78 is 0. The Morgan fingerprint density at radius 1 is 1.28 bits per heavy atom. The van der Waals surface area contributed by atoms with Crippen LogP contribution in [0.1, 0.15) is 49.6 Å². The number of primary amides is 1. The molecule has 7 nitrogen and oxygen atoms in total. The molecule has 0 saturated heterocycles. The van der Waals surface area contributed by atoms with Crippen molar-refractivity contribution in [2.75, 3.05) is 5.32 Å². The van der Waals surface area contributed by atoms with Gasteiger partial charge in [0.05, 0.1) is 10.5 Å². The van der Waals surface area contributed by atoms with Crippen LogP contribution in [-0.4, -0.2) is 16.7 Å². The standard InChI is InChI=1S/C17H17N3O4S/c1-9-8-10(6-7-12(9)20(23)24)16(22)19-17-14(15(18)21)11-4-2-3-5-13(11)25-17/h6-8H,2-5H2,1H3,(H2,18,21)(H,19,22). The van der Waals surface area contributed by atoms with Crippen LogP contribution < -0.4 is 11.1 Å². The maximum atomic E-state index is 12.5. The van der Waals surface area contributed by atoms with Crippen LogP contribution in [0.25, 0.3) is 0 Å². The van der Waals surface area contributed by atoms with Gasteiger partial charge in [-0.15, -0.1) is 11.3 Å². The normalized spacial score (nSPS) is 13.2. The van der Waals surface area contributed by atoms with E-state index >= 15 is 0 Å². The lowest BCUT2D eigenvalue weighted by molar-refractivity contribution is -0.385. The highest BCUT2D eigenvalue weighted by atomic mass is 32.1. The van der Waals surface area contributed by atoms with Gasteiger partial charge < -0.3 is 11.1 Å². The number of nitro groups is 1. The minimum Gasteiger partial charge on any atom is -0.365 e. The molecule has 1 aliphatic rings. The van der Waals surface area contributed by atoms with Crippen molar-refractivity contribution in [3.05, 3.63) is 55.4 Å². The third-order valence-corrected chi connectivity index (χ3v) is 5.51. The highest BCUT2D eigenvalue weighted by molar-refractivity contribution is 7.17. The molecular formula is C17H17N3O4S. The quantitative estimate of drug-likeness (QED) is 0.644. The van der Waals surface area contributed by atoms with E-state index in [1.807, 2.05) is 0 Å². The lowest BCUT2D eigenvalue weighted by Gasteiger charge is -2.11. The number of anilines is 1. The number of nitro benzene ring substituents is 1. The van der Waals surface area contributed by atoms with Crippen LogP contribution in [0, 0.1) is 17.0 Å². The van der Waals surface area contributed by atoms with Crippen LogP contribution in [-0.2, 0) is 12.8 Å². The third kappa shape index (κ3) is 3.25. The average Bonchev–Trinajstić information content (AvgIpc) is 2.92. The second-order valence-electron chi connectivity index (χ2n) is 5.99. The minimum absolute atomic E-state index is 0.0408. The van der Waals surface area contributed by atoms with E-state index in [1.165, 1.54) is 29.5 Å². The maximum absolute atomic E-state index is 12.5. The van der Waals surface area contributed by atoms with Crippen molar-refractivity contribution < 1.29 is 14.5 Å². The molecule has 0 radical (unpaired) electrons. The first-order valence-corrected chi connectivity index (χ1v) is 8.71. The first-order valence-electron chi connectivity index (χ1n) is 7.89. The zero-order chi connectivity index (χ0) is 18.1. The zero-order valence-electron chi connectivity index (χ0n) is 13.6. The second-order valence-corrected chi connectivity index (χ2v) is 7.10. The van der Waals surface area contributed by atoms with Crippen LogP contribution in [0.15, 0.2) is 18.2 Å². The molecule has 0 unspecified atom stereocenters. The Morgan fingerprint density at radius 2 is 2.00 bits per heavy atom. The molecule has 8 heteroatoms. The number of nitrogens with one attached hydrogen (secondary N) is 1. The number of benzene rings is 1.